The molecule has 4 heteroatoms. The van der Waals surface area contributed by atoms with Crippen molar-refractivity contribution in [2.24, 2.45) is 0 Å². The van der Waals surface area contributed by atoms with E-state index in [1.807, 2.05) is 48.0 Å². The predicted octanol–water partition coefficient (Wildman–Crippen LogP) is 4.00. The van der Waals surface area contributed by atoms with Crippen LogP contribution in [0.4, 0.5) is 0 Å². The topological polar surface area (TPSA) is 29.1 Å². The van der Waals surface area contributed by atoms with Crippen LogP contribution < -0.4 is 5.32 Å². The van der Waals surface area contributed by atoms with Crippen LogP contribution in [-0.2, 0) is 0 Å². The molecule has 0 spiro atoms. The van der Waals surface area contributed by atoms with E-state index in [1.165, 1.54) is 11.3 Å². The number of nitrogens with one attached hydrogen (secondary N) is 1. The van der Waals surface area contributed by atoms with E-state index in [0.29, 0.717) is 5.56 Å². The summed E-state index contributed by atoms with van der Waals surface area (Å²) in [5.74, 6) is -0.0329. The number of hydrogen-bond donors (Lipinski definition) is 1. The van der Waals surface area contributed by atoms with E-state index >= 15 is 0 Å². The molecule has 17 heavy (non-hydrogen) atoms. The molecule has 88 valence electrons. The highest BCUT2D eigenvalue weighted by Crippen LogP contribution is 2.23. The van der Waals surface area contributed by atoms with Crippen LogP contribution in [-0.4, -0.2) is 5.91 Å². The Morgan fingerprint density at radius 2 is 2.12 bits per heavy atom. The zero-order valence-electron chi connectivity index (χ0n) is 9.31. The van der Waals surface area contributed by atoms with Gasteiger partial charge in [-0.1, -0.05) is 34.1 Å². The van der Waals surface area contributed by atoms with Crippen LogP contribution in [0.15, 0.2) is 45.6 Å². The first kappa shape index (κ1) is 12.3. The van der Waals surface area contributed by atoms with Crippen LogP contribution in [0.2, 0.25) is 0 Å². The van der Waals surface area contributed by atoms with Crippen molar-refractivity contribution in [3.63, 3.8) is 0 Å². The van der Waals surface area contributed by atoms with Crippen molar-refractivity contribution in [2.75, 3.05) is 0 Å². The highest BCUT2D eigenvalue weighted by molar-refractivity contribution is 9.10. The quantitative estimate of drug-likeness (QED) is 0.912. The monoisotopic (exact) mass is 309 g/mol. The van der Waals surface area contributed by atoms with Crippen LogP contribution in [0.25, 0.3) is 0 Å². The van der Waals surface area contributed by atoms with Crippen molar-refractivity contribution in [1.29, 1.82) is 0 Å². The van der Waals surface area contributed by atoms with Gasteiger partial charge in [-0.05, 0) is 30.0 Å². The van der Waals surface area contributed by atoms with Crippen LogP contribution in [0, 0.1) is 0 Å². The van der Waals surface area contributed by atoms with Crippen molar-refractivity contribution in [3.05, 3.63) is 56.7 Å². The van der Waals surface area contributed by atoms with E-state index in [0.717, 1.165) is 10.0 Å². The molecule has 1 aromatic carbocycles. The van der Waals surface area contributed by atoms with Crippen molar-refractivity contribution in [1.82, 2.24) is 5.32 Å². The molecule has 0 saturated heterocycles. The highest BCUT2D eigenvalue weighted by atomic mass is 79.9. The summed E-state index contributed by atoms with van der Waals surface area (Å²) in [4.78, 5) is 11.9. The fourth-order valence-corrected chi connectivity index (χ4v) is 2.84. The number of carbonyl (C=O) groups excluding carboxylic acids is 1. The highest BCUT2D eigenvalue weighted by Gasteiger charge is 2.13. The number of halogens is 1. The number of benzene rings is 1. The van der Waals surface area contributed by atoms with Gasteiger partial charge in [0, 0.05) is 9.85 Å². The second-order valence-electron chi connectivity index (χ2n) is 3.73. The summed E-state index contributed by atoms with van der Waals surface area (Å²) in [5.41, 5.74) is 1.80. The molecule has 1 atom stereocenters. The summed E-state index contributed by atoms with van der Waals surface area (Å²) in [6.07, 6.45) is 0. The fraction of sp³-hybridized carbons (Fsp3) is 0.154. The average molecular weight is 310 g/mol. The smallest absolute Gasteiger partial charge is 0.252 e. The van der Waals surface area contributed by atoms with Gasteiger partial charge >= 0.3 is 0 Å². The Bertz CT molecular complexity index is 510. The molecule has 0 radical (unpaired) electrons. The molecule has 2 rings (SSSR count). The van der Waals surface area contributed by atoms with Crippen molar-refractivity contribution < 1.29 is 4.79 Å². The van der Waals surface area contributed by atoms with E-state index in [9.17, 15) is 4.79 Å². The molecule has 0 bridgehead atoms. The van der Waals surface area contributed by atoms with Crippen molar-refractivity contribution >= 4 is 33.2 Å². The summed E-state index contributed by atoms with van der Waals surface area (Å²) >= 11 is 5.01. The van der Waals surface area contributed by atoms with Gasteiger partial charge in [0.15, 0.2) is 0 Å². The number of amides is 1. The number of rotatable bonds is 3. The van der Waals surface area contributed by atoms with Crippen LogP contribution in [0.3, 0.4) is 0 Å². The molecule has 0 aliphatic heterocycles. The van der Waals surface area contributed by atoms with Gasteiger partial charge in [0.1, 0.15) is 0 Å². The largest absolute Gasteiger partial charge is 0.345 e. The molecular formula is C13H12BrNOS. The van der Waals surface area contributed by atoms with Gasteiger partial charge in [-0.15, -0.1) is 0 Å². The van der Waals surface area contributed by atoms with E-state index < -0.39 is 0 Å². The first-order valence-electron chi connectivity index (χ1n) is 5.26. The Hall–Kier alpha value is -1.13. The van der Waals surface area contributed by atoms with E-state index in [1.54, 1.807) is 0 Å². The van der Waals surface area contributed by atoms with E-state index in [2.05, 4.69) is 21.2 Å². The zero-order valence-corrected chi connectivity index (χ0v) is 11.7. The van der Waals surface area contributed by atoms with Crippen molar-refractivity contribution in [3.8, 4) is 0 Å². The lowest BCUT2D eigenvalue weighted by Gasteiger charge is -2.15. The Morgan fingerprint density at radius 1 is 1.35 bits per heavy atom. The second kappa shape index (κ2) is 5.47. The van der Waals surface area contributed by atoms with Gasteiger partial charge in [-0.3, -0.25) is 4.79 Å². The first-order valence-corrected chi connectivity index (χ1v) is 6.99. The Balaban J connectivity index is 2.10. The number of thiophene rings is 1. The maximum absolute atomic E-state index is 11.9. The summed E-state index contributed by atoms with van der Waals surface area (Å²) in [6, 6.07) is 9.71. The second-order valence-corrected chi connectivity index (χ2v) is 5.36. The number of hydrogen-bond acceptors (Lipinski definition) is 2. The third-order valence-corrected chi connectivity index (χ3v) is 3.91. The molecular weight excluding hydrogens is 298 g/mol. The van der Waals surface area contributed by atoms with Crippen LogP contribution >= 0.6 is 27.3 Å². The molecule has 1 N–H and O–H groups in total. The summed E-state index contributed by atoms with van der Waals surface area (Å²) in [7, 11) is 0. The zero-order chi connectivity index (χ0) is 12.3. The van der Waals surface area contributed by atoms with Gasteiger partial charge in [-0.2, -0.15) is 11.3 Å². The van der Waals surface area contributed by atoms with Gasteiger partial charge < -0.3 is 5.32 Å². The minimum atomic E-state index is -0.0329. The molecule has 0 aliphatic carbocycles. The molecule has 1 unspecified atom stereocenters. The number of carbonyl (C=O) groups is 1. The third kappa shape index (κ3) is 2.96. The first-order chi connectivity index (χ1) is 8.18. The lowest BCUT2D eigenvalue weighted by molar-refractivity contribution is 0.0940. The van der Waals surface area contributed by atoms with Crippen LogP contribution in [0.5, 0.6) is 0 Å². The fourth-order valence-electron chi connectivity index (χ4n) is 1.58. The Labute approximate surface area is 113 Å². The van der Waals surface area contributed by atoms with Crippen molar-refractivity contribution in [2.45, 2.75) is 13.0 Å². The average Bonchev–Trinajstić information content (AvgIpc) is 2.82. The van der Waals surface area contributed by atoms with Gasteiger partial charge in [0.25, 0.3) is 5.91 Å². The lowest BCUT2D eigenvalue weighted by Crippen LogP contribution is -2.26. The lowest BCUT2D eigenvalue weighted by atomic mass is 10.1. The molecule has 0 fully saturated rings. The third-order valence-electron chi connectivity index (χ3n) is 2.50. The molecule has 2 aromatic rings. The Kier molecular flexibility index (Phi) is 3.97. The normalized spacial score (nSPS) is 12.1. The molecule has 2 nitrogen and oxygen atoms in total. The maximum atomic E-state index is 11.9. The summed E-state index contributed by atoms with van der Waals surface area (Å²) in [6.45, 7) is 1.98. The summed E-state index contributed by atoms with van der Waals surface area (Å²) in [5, 5.41) is 6.73. The standard InChI is InChI=1S/C13H12BrNOS/c1-9(11-4-2-3-5-12(11)14)15-13(16)10-6-7-17-8-10/h2-9H,1H3,(H,15,16). The van der Waals surface area contributed by atoms with Crippen LogP contribution in [0.1, 0.15) is 28.9 Å². The molecule has 1 heterocycles. The molecule has 1 amide bonds. The molecule has 0 aliphatic rings. The maximum Gasteiger partial charge on any atom is 0.252 e. The SMILES string of the molecule is CC(NC(=O)c1ccsc1)c1ccccc1Br. The van der Waals surface area contributed by atoms with Gasteiger partial charge in [0.05, 0.1) is 11.6 Å². The van der Waals surface area contributed by atoms with Gasteiger partial charge in [-0.25, -0.2) is 0 Å². The minimum absolute atomic E-state index is 0.0158. The molecule has 1 aromatic heterocycles. The molecule has 0 saturated carbocycles. The summed E-state index contributed by atoms with van der Waals surface area (Å²) < 4.78 is 1.01. The predicted molar refractivity (Wildman–Crippen MR) is 74.3 cm³/mol. The van der Waals surface area contributed by atoms with E-state index in [-0.39, 0.29) is 11.9 Å². The Morgan fingerprint density at radius 3 is 2.76 bits per heavy atom. The van der Waals surface area contributed by atoms with E-state index in [4.69, 9.17) is 0 Å². The minimum Gasteiger partial charge on any atom is -0.345 e. The van der Waals surface area contributed by atoms with Gasteiger partial charge in [0.2, 0.25) is 0 Å².